The highest BCUT2D eigenvalue weighted by Gasteiger charge is 2.21. The fraction of sp³-hybridized carbons (Fsp3) is 0.538. The topological polar surface area (TPSA) is 29.1 Å². The first-order chi connectivity index (χ1) is 7.34. The van der Waals surface area contributed by atoms with Crippen LogP contribution >= 0.6 is 0 Å². The van der Waals surface area contributed by atoms with Gasteiger partial charge in [0.15, 0.2) is 0 Å². The third-order valence-electron chi connectivity index (χ3n) is 2.91. The highest BCUT2D eigenvalue weighted by Crippen LogP contribution is 2.22. The number of hydrogen-bond acceptors (Lipinski definition) is 1. The zero-order valence-corrected chi connectivity index (χ0v) is 8.89. The van der Waals surface area contributed by atoms with E-state index in [0.29, 0.717) is 13.0 Å². The SMILES string of the molecule is [O]C1CCCC(OCc2ccccc2)C1. The van der Waals surface area contributed by atoms with Crippen LogP contribution in [0.5, 0.6) is 0 Å². The van der Waals surface area contributed by atoms with Crippen molar-refractivity contribution in [3.63, 3.8) is 0 Å². The summed E-state index contributed by atoms with van der Waals surface area (Å²) in [4.78, 5) is 0. The summed E-state index contributed by atoms with van der Waals surface area (Å²) in [5.41, 5.74) is 1.19. The second-order valence-electron chi connectivity index (χ2n) is 4.21. The fourth-order valence-electron chi connectivity index (χ4n) is 2.04. The summed E-state index contributed by atoms with van der Waals surface area (Å²) in [6.45, 7) is 0.637. The van der Waals surface area contributed by atoms with Crippen LogP contribution in [0.1, 0.15) is 31.2 Å². The normalized spacial score (nSPS) is 26.5. The van der Waals surface area contributed by atoms with Crippen molar-refractivity contribution in [2.75, 3.05) is 0 Å². The molecule has 15 heavy (non-hydrogen) atoms. The van der Waals surface area contributed by atoms with E-state index in [2.05, 4.69) is 12.1 Å². The van der Waals surface area contributed by atoms with Crippen LogP contribution in [0.15, 0.2) is 30.3 Å². The van der Waals surface area contributed by atoms with Crippen LogP contribution < -0.4 is 0 Å². The molecule has 2 heteroatoms. The molecule has 2 unspecified atom stereocenters. The first kappa shape index (κ1) is 10.7. The van der Waals surface area contributed by atoms with E-state index in [0.717, 1.165) is 19.3 Å². The highest BCUT2D eigenvalue weighted by atomic mass is 16.5. The van der Waals surface area contributed by atoms with Gasteiger partial charge in [-0.2, -0.15) is 0 Å². The van der Waals surface area contributed by atoms with Gasteiger partial charge in [-0.3, -0.25) is 0 Å². The van der Waals surface area contributed by atoms with Crippen molar-refractivity contribution in [2.45, 2.75) is 44.5 Å². The Hall–Kier alpha value is -0.860. The van der Waals surface area contributed by atoms with Crippen LogP contribution in [0, 0.1) is 0 Å². The van der Waals surface area contributed by atoms with Crippen molar-refractivity contribution in [1.29, 1.82) is 0 Å². The molecule has 0 saturated heterocycles. The van der Waals surface area contributed by atoms with Crippen LogP contribution in [0.3, 0.4) is 0 Å². The third-order valence-corrected chi connectivity index (χ3v) is 2.91. The lowest BCUT2D eigenvalue weighted by Gasteiger charge is -2.24. The van der Waals surface area contributed by atoms with Gasteiger partial charge in [0.2, 0.25) is 0 Å². The van der Waals surface area contributed by atoms with Gasteiger partial charge in [-0.25, -0.2) is 5.11 Å². The molecule has 1 saturated carbocycles. The summed E-state index contributed by atoms with van der Waals surface area (Å²) in [6.07, 6.45) is 3.36. The molecule has 1 aromatic carbocycles. The molecule has 2 atom stereocenters. The minimum atomic E-state index is -0.403. The van der Waals surface area contributed by atoms with Gasteiger partial charge in [0.25, 0.3) is 0 Å². The fourth-order valence-corrected chi connectivity index (χ4v) is 2.04. The lowest BCUT2D eigenvalue weighted by Crippen LogP contribution is -2.25. The van der Waals surface area contributed by atoms with Gasteiger partial charge in [0.05, 0.1) is 18.8 Å². The number of hydrogen-bond donors (Lipinski definition) is 0. The monoisotopic (exact) mass is 205 g/mol. The molecule has 81 valence electrons. The number of ether oxygens (including phenoxy) is 1. The zero-order chi connectivity index (χ0) is 10.5. The van der Waals surface area contributed by atoms with Gasteiger partial charge in [-0.1, -0.05) is 30.3 Å². The van der Waals surface area contributed by atoms with E-state index in [1.54, 1.807) is 0 Å². The smallest absolute Gasteiger partial charge is 0.0954 e. The predicted molar refractivity (Wildman–Crippen MR) is 58.0 cm³/mol. The Morgan fingerprint density at radius 2 is 2.00 bits per heavy atom. The number of benzene rings is 1. The summed E-state index contributed by atoms with van der Waals surface area (Å²) in [7, 11) is 0. The third kappa shape index (κ3) is 3.33. The van der Waals surface area contributed by atoms with E-state index in [4.69, 9.17) is 4.74 Å². The second kappa shape index (κ2) is 5.29. The van der Waals surface area contributed by atoms with Gasteiger partial charge in [-0.05, 0) is 24.8 Å². The molecule has 1 aliphatic carbocycles. The maximum absolute atomic E-state index is 11.3. The van der Waals surface area contributed by atoms with Crippen LogP contribution in [0.25, 0.3) is 0 Å². The van der Waals surface area contributed by atoms with Gasteiger partial charge in [0, 0.05) is 6.42 Å². The largest absolute Gasteiger partial charge is 0.373 e. The van der Waals surface area contributed by atoms with Crippen molar-refractivity contribution in [3.05, 3.63) is 35.9 Å². The lowest BCUT2D eigenvalue weighted by molar-refractivity contribution is -0.0437. The molecule has 2 rings (SSSR count). The molecule has 1 fully saturated rings. The molecule has 0 spiro atoms. The standard InChI is InChI=1S/C13H17O2/c14-12-7-4-8-13(9-12)15-10-11-5-2-1-3-6-11/h1-3,5-6,12-13H,4,7-10H2. The van der Waals surface area contributed by atoms with Gasteiger partial charge in [0.1, 0.15) is 0 Å². The molecule has 0 amide bonds. The molecule has 2 nitrogen and oxygen atoms in total. The van der Waals surface area contributed by atoms with Gasteiger partial charge < -0.3 is 4.74 Å². The van der Waals surface area contributed by atoms with E-state index < -0.39 is 6.10 Å². The minimum Gasteiger partial charge on any atom is -0.373 e. The summed E-state index contributed by atoms with van der Waals surface area (Å²) in [5, 5.41) is 11.3. The van der Waals surface area contributed by atoms with Crippen molar-refractivity contribution < 1.29 is 9.84 Å². The molecular formula is C13H17O2. The Balaban J connectivity index is 1.78. The second-order valence-corrected chi connectivity index (χ2v) is 4.21. The summed E-state index contributed by atoms with van der Waals surface area (Å²) in [6, 6.07) is 10.1. The Kier molecular flexibility index (Phi) is 3.75. The summed E-state index contributed by atoms with van der Waals surface area (Å²) < 4.78 is 5.74. The average Bonchev–Trinajstić information content (AvgIpc) is 2.28. The summed E-state index contributed by atoms with van der Waals surface area (Å²) >= 11 is 0. The van der Waals surface area contributed by atoms with Crippen molar-refractivity contribution >= 4 is 0 Å². The minimum absolute atomic E-state index is 0.182. The maximum Gasteiger partial charge on any atom is 0.0954 e. The molecular weight excluding hydrogens is 188 g/mol. The van der Waals surface area contributed by atoms with Gasteiger partial charge in [-0.15, -0.1) is 0 Å². The van der Waals surface area contributed by atoms with Crippen LogP contribution in [0.2, 0.25) is 0 Å². The molecule has 0 aromatic heterocycles. The van der Waals surface area contributed by atoms with E-state index in [-0.39, 0.29) is 6.10 Å². The quantitative estimate of drug-likeness (QED) is 0.746. The molecule has 0 aliphatic heterocycles. The number of rotatable bonds is 3. The lowest BCUT2D eigenvalue weighted by atomic mass is 9.95. The van der Waals surface area contributed by atoms with E-state index in [1.165, 1.54) is 5.56 Å². The molecule has 1 radical (unpaired) electrons. The van der Waals surface area contributed by atoms with Gasteiger partial charge >= 0.3 is 0 Å². The first-order valence-electron chi connectivity index (χ1n) is 5.66. The van der Waals surface area contributed by atoms with Crippen LogP contribution in [-0.4, -0.2) is 12.2 Å². The zero-order valence-electron chi connectivity index (χ0n) is 8.89. The Labute approximate surface area is 90.9 Å². The predicted octanol–water partition coefficient (Wildman–Crippen LogP) is 2.94. The van der Waals surface area contributed by atoms with Crippen molar-refractivity contribution in [2.24, 2.45) is 0 Å². The van der Waals surface area contributed by atoms with Crippen molar-refractivity contribution in [3.8, 4) is 0 Å². The van der Waals surface area contributed by atoms with E-state index in [9.17, 15) is 5.11 Å². The Morgan fingerprint density at radius 3 is 2.73 bits per heavy atom. The van der Waals surface area contributed by atoms with Crippen LogP contribution in [-0.2, 0) is 16.5 Å². The Morgan fingerprint density at radius 1 is 1.20 bits per heavy atom. The first-order valence-corrected chi connectivity index (χ1v) is 5.66. The van der Waals surface area contributed by atoms with Crippen LogP contribution in [0.4, 0.5) is 0 Å². The molecule has 0 bridgehead atoms. The molecule has 0 heterocycles. The van der Waals surface area contributed by atoms with E-state index >= 15 is 0 Å². The van der Waals surface area contributed by atoms with Crippen molar-refractivity contribution in [1.82, 2.24) is 0 Å². The Bertz CT molecular complexity index is 284. The molecule has 0 N–H and O–H groups in total. The molecule has 1 aliphatic rings. The maximum atomic E-state index is 11.3. The average molecular weight is 205 g/mol. The summed E-state index contributed by atoms with van der Waals surface area (Å²) in [5.74, 6) is 0. The highest BCUT2D eigenvalue weighted by molar-refractivity contribution is 5.13. The molecule has 1 aromatic rings. The van der Waals surface area contributed by atoms with E-state index in [1.807, 2.05) is 18.2 Å².